The molecule has 8 heteroatoms. The van der Waals surface area contributed by atoms with Crippen LogP contribution in [0.1, 0.15) is 75.2 Å². The van der Waals surface area contributed by atoms with E-state index in [0.717, 1.165) is 5.57 Å². The Hall–Kier alpha value is -2.19. The van der Waals surface area contributed by atoms with E-state index in [4.69, 9.17) is 18.9 Å². The predicted molar refractivity (Wildman–Crippen MR) is 130 cm³/mol. The summed E-state index contributed by atoms with van der Waals surface area (Å²) in [5.74, 6) is -3.04. The van der Waals surface area contributed by atoms with Crippen LogP contribution in [0.15, 0.2) is 23.3 Å². The highest BCUT2D eigenvalue weighted by Gasteiger charge is 2.61. The molecule has 8 atom stereocenters. The molecule has 198 valence electrons. The molecular formula is C27H42O8. The zero-order valence-electron chi connectivity index (χ0n) is 22.5. The Morgan fingerprint density at radius 1 is 1.11 bits per heavy atom. The minimum absolute atomic E-state index is 0.142. The van der Waals surface area contributed by atoms with Gasteiger partial charge in [-0.05, 0) is 65.9 Å². The van der Waals surface area contributed by atoms with Gasteiger partial charge in [0.05, 0.1) is 17.6 Å². The Morgan fingerprint density at radius 3 is 2.26 bits per heavy atom. The highest BCUT2D eigenvalue weighted by atomic mass is 16.6. The van der Waals surface area contributed by atoms with Crippen LogP contribution in [-0.2, 0) is 33.3 Å². The van der Waals surface area contributed by atoms with E-state index in [0.29, 0.717) is 18.4 Å². The number of epoxide rings is 1. The van der Waals surface area contributed by atoms with Gasteiger partial charge < -0.3 is 24.1 Å². The quantitative estimate of drug-likeness (QED) is 0.187. The summed E-state index contributed by atoms with van der Waals surface area (Å²) < 4.78 is 23.9. The molecule has 2 unspecified atom stereocenters. The van der Waals surface area contributed by atoms with Gasteiger partial charge in [0.25, 0.3) is 0 Å². The van der Waals surface area contributed by atoms with E-state index in [1.807, 2.05) is 33.8 Å². The molecule has 1 aliphatic heterocycles. The number of aliphatic hydroxyl groups excluding tert-OH is 1. The molecule has 1 fully saturated rings. The van der Waals surface area contributed by atoms with E-state index in [9.17, 15) is 19.5 Å². The van der Waals surface area contributed by atoms with Crippen LogP contribution in [0.3, 0.4) is 0 Å². The summed E-state index contributed by atoms with van der Waals surface area (Å²) >= 11 is 0. The van der Waals surface area contributed by atoms with Gasteiger partial charge >= 0.3 is 17.9 Å². The number of fused-ring (bicyclic) bond motifs is 1. The van der Waals surface area contributed by atoms with Crippen LogP contribution in [0.2, 0.25) is 0 Å². The fraction of sp³-hybridized carbons (Fsp3) is 0.741. The predicted octanol–water partition coefficient (Wildman–Crippen LogP) is 3.89. The molecule has 1 N–H and O–H groups in total. The maximum atomic E-state index is 13.0. The highest BCUT2D eigenvalue weighted by Crippen LogP contribution is 2.48. The van der Waals surface area contributed by atoms with Crippen molar-refractivity contribution in [3.8, 4) is 0 Å². The first-order chi connectivity index (χ1) is 16.2. The summed E-state index contributed by atoms with van der Waals surface area (Å²) in [5.41, 5.74) is 0.661. The van der Waals surface area contributed by atoms with E-state index in [1.165, 1.54) is 13.8 Å². The van der Waals surface area contributed by atoms with Crippen molar-refractivity contribution in [2.24, 2.45) is 17.8 Å². The van der Waals surface area contributed by atoms with Gasteiger partial charge in [0, 0.05) is 18.4 Å². The van der Waals surface area contributed by atoms with Crippen molar-refractivity contribution in [2.75, 3.05) is 0 Å². The number of carbonyl (C=O) groups is 3. The van der Waals surface area contributed by atoms with Crippen molar-refractivity contribution >= 4 is 17.9 Å². The lowest BCUT2D eigenvalue weighted by atomic mass is 9.77. The fourth-order valence-corrected chi connectivity index (χ4v) is 4.58. The molecule has 2 aliphatic rings. The van der Waals surface area contributed by atoms with Crippen molar-refractivity contribution in [3.05, 3.63) is 23.3 Å². The Balaban J connectivity index is 2.64. The Bertz CT molecular complexity index is 857. The zero-order valence-corrected chi connectivity index (χ0v) is 22.5. The number of ether oxygens (including phenoxy) is 4. The lowest BCUT2D eigenvalue weighted by Gasteiger charge is -2.40. The summed E-state index contributed by atoms with van der Waals surface area (Å²) in [7, 11) is 0. The van der Waals surface area contributed by atoms with Crippen molar-refractivity contribution in [3.63, 3.8) is 0 Å². The number of rotatable bonds is 7. The molecule has 35 heavy (non-hydrogen) atoms. The largest absolute Gasteiger partial charge is 0.459 e. The van der Waals surface area contributed by atoms with Crippen LogP contribution in [-0.4, -0.2) is 59.1 Å². The molecule has 1 saturated heterocycles. The molecule has 2 rings (SSSR count). The second-order valence-electron chi connectivity index (χ2n) is 10.5. The Kier molecular flexibility index (Phi) is 9.71. The summed E-state index contributed by atoms with van der Waals surface area (Å²) in [5, 5.41) is 9.97. The van der Waals surface area contributed by atoms with Gasteiger partial charge in [-0.3, -0.25) is 9.59 Å². The summed E-state index contributed by atoms with van der Waals surface area (Å²) in [6.07, 6.45) is 1.11. The molecule has 8 nitrogen and oxygen atoms in total. The lowest BCUT2D eigenvalue weighted by Crippen LogP contribution is -2.52. The van der Waals surface area contributed by atoms with Gasteiger partial charge in [-0.15, -0.1) is 0 Å². The van der Waals surface area contributed by atoms with Crippen molar-refractivity contribution in [1.82, 2.24) is 0 Å². The summed E-state index contributed by atoms with van der Waals surface area (Å²) in [6, 6.07) is 0. The van der Waals surface area contributed by atoms with Gasteiger partial charge in [0.15, 0.2) is 6.10 Å². The number of aliphatic hydroxyl groups is 1. The zero-order chi connectivity index (χ0) is 26.7. The first-order valence-corrected chi connectivity index (χ1v) is 12.5. The molecule has 0 amide bonds. The summed E-state index contributed by atoms with van der Waals surface area (Å²) in [6.45, 7) is 15.6. The van der Waals surface area contributed by atoms with Gasteiger partial charge in [0.2, 0.25) is 0 Å². The van der Waals surface area contributed by atoms with Gasteiger partial charge in [0.1, 0.15) is 18.3 Å². The van der Waals surface area contributed by atoms with Crippen molar-refractivity contribution in [1.29, 1.82) is 0 Å². The van der Waals surface area contributed by atoms with E-state index in [-0.39, 0.29) is 5.92 Å². The molecule has 0 aromatic rings. The third-order valence-corrected chi connectivity index (χ3v) is 7.26. The molecular weight excluding hydrogens is 452 g/mol. The van der Waals surface area contributed by atoms with Gasteiger partial charge in [-0.2, -0.15) is 0 Å². The molecule has 1 aliphatic carbocycles. The normalized spacial score (nSPS) is 34.5. The molecule has 0 spiro atoms. The van der Waals surface area contributed by atoms with Crippen LogP contribution in [0.4, 0.5) is 0 Å². The number of hydrogen-bond donors (Lipinski definition) is 1. The standard InChI is InChI=1S/C27H42O8/c1-10-15(4)25(30)33-22-20(14(2)3)23(34-26(31)17(6)18(7)28)24-27(9,35-24)13-11-12-16(5)21(22)32-19(8)29/h10,12,14,17-18,20-24,28H,11,13H2,1-9H3/b15-10+,16-12+/t17?,18?,20-,21-,22-,23-,24+,27+/m0/s1. The molecule has 0 aromatic heterocycles. The minimum atomic E-state index is -0.927. The first-order valence-electron chi connectivity index (χ1n) is 12.5. The topological polar surface area (TPSA) is 112 Å². The average molecular weight is 495 g/mol. The van der Waals surface area contributed by atoms with Crippen molar-refractivity contribution in [2.45, 2.75) is 111 Å². The smallest absolute Gasteiger partial charge is 0.333 e. The number of carbonyl (C=O) groups excluding carboxylic acids is 3. The molecule has 0 saturated carbocycles. The maximum absolute atomic E-state index is 13.0. The van der Waals surface area contributed by atoms with Crippen LogP contribution < -0.4 is 0 Å². The Labute approximate surface area is 209 Å². The van der Waals surface area contributed by atoms with E-state index >= 15 is 0 Å². The van der Waals surface area contributed by atoms with Crippen LogP contribution >= 0.6 is 0 Å². The van der Waals surface area contributed by atoms with E-state index in [1.54, 1.807) is 26.8 Å². The minimum Gasteiger partial charge on any atom is -0.459 e. The fourth-order valence-electron chi connectivity index (χ4n) is 4.58. The van der Waals surface area contributed by atoms with Crippen molar-refractivity contribution < 1.29 is 38.4 Å². The highest BCUT2D eigenvalue weighted by molar-refractivity contribution is 5.87. The average Bonchev–Trinajstić information content (AvgIpc) is 3.44. The first kappa shape index (κ1) is 29.0. The molecule has 0 aromatic carbocycles. The van der Waals surface area contributed by atoms with Crippen LogP contribution in [0.5, 0.6) is 0 Å². The van der Waals surface area contributed by atoms with Crippen LogP contribution in [0.25, 0.3) is 0 Å². The van der Waals surface area contributed by atoms with E-state index in [2.05, 4.69) is 0 Å². The SMILES string of the molecule is C/C=C(\C)C(=O)O[C@H]1[C@H](C(C)C)[C@H](OC(=O)C(C)C(C)O)[C@H]2O[C@]2(C)CC/C=C(\C)[C@@H]1OC(C)=O. The third-order valence-electron chi connectivity index (χ3n) is 7.26. The maximum Gasteiger partial charge on any atom is 0.333 e. The second-order valence-corrected chi connectivity index (χ2v) is 10.5. The number of hydrogen-bond acceptors (Lipinski definition) is 8. The van der Waals surface area contributed by atoms with Gasteiger partial charge in [-0.25, -0.2) is 4.79 Å². The van der Waals surface area contributed by atoms with E-state index < -0.39 is 65.9 Å². The number of allylic oxidation sites excluding steroid dienone is 2. The molecule has 0 radical (unpaired) electrons. The monoisotopic (exact) mass is 494 g/mol. The molecule has 0 bridgehead atoms. The lowest BCUT2D eigenvalue weighted by molar-refractivity contribution is -0.181. The third kappa shape index (κ3) is 6.94. The number of esters is 3. The van der Waals surface area contributed by atoms with Gasteiger partial charge in [-0.1, -0.05) is 26.0 Å². The van der Waals surface area contributed by atoms with Crippen LogP contribution in [0, 0.1) is 17.8 Å². The molecule has 1 heterocycles. The summed E-state index contributed by atoms with van der Waals surface area (Å²) in [4.78, 5) is 38.1. The Morgan fingerprint density at radius 2 is 1.74 bits per heavy atom. The second kappa shape index (κ2) is 11.7.